The molecule has 1 amide bonds. The Hall–Kier alpha value is -1.82. The first-order chi connectivity index (χ1) is 9.96. The molecule has 0 aliphatic carbocycles. The van der Waals surface area contributed by atoms with Gasteiger partial charge in [-0.1, -0.05) is 18.2 Å². The summed E-state index contributed by atoms with van der Waals surface area (Å²) in [5.41, 5.74) is 1.64. The van der Waals surface area contributed by atoms with Gasteiger partial charge in [0.05, 0.1) is 17.1 Å². The number of sulfone groups is 1. The van der Waals surface area contributed by atoms with Gasteiger partial charge in [-0.15, -0.1) is 0 Å². The Morgan fingerprint density at radius 1 is 1.38 bits per heavy atom. The number of aromatic nitrogens is 1. The summed E-state index contributed by atoms with van der Waals surface area (Å²) in [6.07, 6.45) is 2.45. The fourth-order valence-electron chi connectivity index (χ4n) is 2.89. The Bertz CT molecular complexity index is 792. The van der Waals surface area contributed by atoms with Crippen molar-refractivity contribution in [2.75, 3.05) is 18.1 Å². The van der Waals surface area contributed by atoms with E-state index in [2.05, 4.69) is 5.32 Å². The average Bonchev–Trinajstić information content (AvgIpc) is 2.97. The molecule has 1 atom stereocenters. The molecule has 0 bridgehead atoms. The maximum Gasteiger partial charge on any atom is 0.253 e. The third kappa shape index (κ3) is 2.81. The third-order valence-corrected chi connectivity index (χ3v) is 5.86. The number of hydrogen-bond acceptors (Lipinski definition) is 3. The molecule has 1 saturated heterocycles. The molecule has 0 spiro atoms. The second-order valence-electron chi connectivity index (χ2n) is 5.65. The van der Waals surface area contributed by atoms with Crippen molar-refractivity contribution in [3.8, 4) is 0 Å². The summed E-state index contributed by atoms with van der Waals surface area (Å²) >= 11 is 0. The number of para-hydroxylation sites is 1. The smallest absolute Gasteiger partial charge is 0.253 e. The van der Waals surface area contributed by atoms with E-state index >= 15 is 0 Å². The first-order valence-corrected chi connectivity index (χ1v) is 8.81. The molecule has 1 N–H and O–H groups in total. The number of amides is 1. The van der Waals surface area contributed by atoms with Crippen LogP contribution < -0.4 is 5.32 Å². The second-order valence-corrected chi connectivity index (χ2v) is 7.88. The lowest BCUT2D eigenvalue weighted by molar-refractivity contribution is 0.0950. The highest BCUT2D eigenvalue weighted by Crippen LogP contribution is 2.21. The summed E-state index contributed by atoms with van der Waals surface area (Å²) in [4.78, 5) is 12.3. The maximum absolute atomic E-state index is 12.3. The summed E-state index contributed by atoms with van der Waals surface area (Å²) in [5, 5.41) is 3.78. The highest BCUT2D eigenvalue weighted by atomic mass is 32.2. The maximum atomic E-state index is 12.3. The van der Waals surface area contributed by atoms with E-state index in [1.165, 1.54) is 0 Å². The molecule has 1 fully saturated rings. The normalized spacial score (nSPS) is 20.7. The lowest BCUT2D eigenvalue weighted by Gasteiger charge is -2.09. The van der Waals surface area contributed by atoms with Gasteiger partial charge < -0.3 is 9.88 Å². The lowest BCUT2D eigenvalue weighted by Crippen LogP contribution is -2.29. The van der Waals surface area contributed by atoms with Gasteiger partial charge >= 0.3 is 0 Å². The zero-order valence-electron chi connectivity index (χ0n) is 11.9. The van der Waals surface area contributed by atoms with Crippen molar-refractivity contribution in [2.24, 2.45) is 13.0 Å². The van der Waals surface area contributed by atoms with Crippen LogP contribution in [0.1, 0.15) is 16.8 Å². The molecule has 1 aromatic carbocycles. The van der Waals surface area contributed by atoms with E-state index in [-0.39, 0.29) is 23.3 Å². The first-order valence-electron chi connectivity index (χ1n) is 6.99. The summed E-state index contributed by atoms with van der Waals surface area (Å²) in [7, 11) is -0.989. The molecule has 0 saturated carbocycles. The van der Waals surface area contributed by atoms with Gasteiger partial charge in [-0.25, -0.2) is 8.42 Å². The highest BCUT2D eigenvalue weighted by Gasteiger charge is 2.28. The number of carbonyl (C=O) groups is 1. The van der Waals surface area contributed by atoms with Crippen molar-refractivity contribution in [1.82, 2.24) is 9.88 Å². The van der Waals surface area contributed by atoms with Gasteiger partial charge in [0.2, 0.25) is 0 Å². The number of aryl methyl sites for hydroxylation is 1. The molecule has 1 aliphatic heterocycles. The standard InChI is InChI=1S/C15H18N2O3S/c1-17-9-13(12-4-2-3-5-14(12)17)15(18)16-8-11-6-7-21(19,20)10-11/h2-5,9,11H,6-8,10H2,1H3,(H,16,18). The van der Waals surface area contributed by atoms with Crippen molar-refractivity contribution in [2.45, 2.75) is 6.42 Å². The number of benzene rings is 1. The summed E-state index contributed by atoms with van der Waals surface area (Å²) in [6, 6.07) is 7.73. The summed E-state index contributed by atoms with van der Waals surface area (Å²) in [5.74, 6) is 0.315. The fourth-order valence-corrected chi connectivity index (χ4v) is 4.75. The SMILES string of the molecule is Cn1cc(C(=O)NCC2CCS(=O)(=O)C2)c2ccccc21. The molecule has 112 valence electrons. The molecule has 1 aromatic heterocycles. The van der Waals surface area contributed by atoms with Crippen LogP contribution in [0.4, 0.5) is 0 Å². The Kier molecular flexibility index (Phi) is 3.49. The van der Waals surface area contributed by atoms with Gasteiger partial charge in [0.15, 0.2) is 9.84 Å². The number of nitrogens with one attached hydrogen (secondary N) is 1. The molecule has 0 radical (unpaired) electrons. The Labute approximate surface area is 123 Å². The van der Waals surface area contributed by atoms with E-state index in [9.17, 15) is 13.2 Å². The van der Waals surface area contributed by atoms with Crippen LogP contribution in [0, 0.1) is 5.92 Å². The third-order valence-electron chi connectivity index (χ3n) is 4.02. The van der Waals surface area contributed by atoms with E-state index < -0.39 is 9.84 Å². The molecule has 6 heteroatoms. The van der Waals surface area contributed by atoms with Crippen LogP contribution in [-0.4, -0.2) is 36.9 Å². The molecule has 1 unspecified atom stereocenters. The molecule has 2 aromatic rings. The van der Waals surface area contributed by atoms with Crippen molar-refractivity contribution >= 4 is 26.6 Å². The Morgan fingerprint density at radius 3 is 2.86 bits per heavy atom. The minimum Gasteiger partial charge on any atom is -0.352 e. The molecule has 5 nitrogen and oxygen atoms in total. The van der Waals surface area contributed by atoms with Crippen molar-refractivity contribution in [3.05, 3.63) is 36.0 Å². The van der Waals surface area contributed by atoms with Gasteiger partial charge in [-0.2, -0.15) is 0 Å². The highest BCUT2D eigenvalue weighted by molar-refractivity contribution is 7.91. The predicted octanol–water partition coefficient (Wildman–Crippen LogP) is 1.34. The van der Waals surface area contributed by atoms with Crippen molar-refractivity contribution in [3.63, 3.8) is 0 Å². The van der Waals surface area contributed by atoms with Gasteiger partial charge in [-0.3, -0.25) is 4.79 Å². The van der Waals surface area contributed by atoms with E-state index in [1.54, 1.807) is 0 Å². The van der Waals surface area contributed by atoms with Crippen molar-refractivity contribution in [1.29, 1.82) is 0 Å². The summed E-state index contributed by atoms with van der Waals surface area (Å²) in [6.45, 7) is 0.418. The molecular weight excluding hydrogens is 288 g/mol. The van der Waals surface area contributed by atoms with Gasteiger partial charge in [-0.05, 0) is 18.4 Å². The number of nitrogens with zero attached hydrogens (tertiary/aromatic N) is 1. The van der Waals surface area contributed by atoms with E-state index in [0.29, 0.717) is 18.5 Å². The second kappa shape index (κ2) is 5.18. The zero-order valence-corrected chi connectivity index (χ0v) is 12.7. The van der Waals surface area contributed by atoms with Crippen molar-refractivity contribution < 1.29 is 13.2 Å². The number of rotatable bonds is 3. The minimum atomic E-state index is -2.89. The Balaban J connectivity index is 1.73. The largest absolute Gasteiger partial charge is 0.352 e. The summed E-state index contributed by atoms with van der Waals surface area (Å²) < 4.78 is 24.8. The fraction of sp³-hybridized carbons (Fsp3) is 0.400. The zero-order chi connectivity index (χ0) is 15.0. The number of hydrogen-bond donors (Lipinski definition) is 1. The lowest BCUT2D eigenvalue weighted by atomic mass is 10.1. The average molecular weight is 306 g/mol. The first kappa shape index (κ1) is 14.1. The van der Waals surface area contributed by atoms with Crippen LogP contribution in [0.15, 0.2) is 30.5 Å². The van der Waals surface area contributed by atoms with Crippen LogP contribution in [0.5, 0.6) is 0 Å². The van der Waals surface area contributed by atoms with Crippen LogP contribution >= 0.6 is 0 Å². The number of fused-ring (bicyclic) bond motifs is 1. The van der Waals surface area contributed by atoms with Crippen LogP contribution in [0.3, 0.4) is 0 Å². The van der Waals surface area contributed by atoms with Gasteiger partial charge in [0, 0.05) is 30.7 Å². The van der Waals surface area contributed by atoms with Crippen LogP contribution in [0.25, 0.3) is 10.9 Å². The molecule has 21 heavy (non-hydrogen) atoms. The molecule has 2 heterocycles. The van der Waals surface area contributed by atoms with E-state index in [0.717, 1.165) is 10.9 Å². The molecular formula is C15H18N2O3S. The predicted molar refractivity (Wildman–Crippen MR) is 82.0 cm³/mol. The Morgan fingerprint density at radius 2 is 2.14 bits per heavy atom. The van der Waals surface area contributed by atoms with E-state index in [1.807, 2.05) is 42.1 Å². The van der Waals surface area contributed by atoms with Gasteiger partial charge in [0.25, 0.3) is 5.91 Å². The quantitative estimate of drug-likeness (QED) is 0.930. The minimum absolute atomic E-state index is 0.0360. The number of carbonyl (C=O) groups excluding carboxylic acids is 1. The van der Waals surface area contributed by atoms with Crippen LogP contribution in [0.2, 0.25) is 0 Å². The topological polar surface area (TPSA) is 68.2 Å². The van der Waals surface area contributed by atoms with E-state index in [4.69, 9.17) is 0 Å². The monoisotopic (exact) mass is 306 g/mol. The molecule has 3 rings (SSSR count). The van der Waals surface area contributed by atoms with Gasteiger partial charge in [0.1, 0.15) is 0 Å². The molecule has 1 aliphatic rings. The van der Waals surface area contributed by atoms with Crippen LogP contribution in [-0.2, 0) is 16.9 Å².